The summed E-state index contributed by atoms with van der Waals surface area (Å²) in [4.78, 5) is 2.56. The molecule has 17 heavy (non-hydrogen) atoms. The molecule has 0 aromatic rings. The highest BCUT2D eigenvalue weighted by Crippen LogP contribution is 2.25. The van der Waals surface area contributed by atoms with Gasteiger partial charge in [0.15, 0.2) is 0 Å². The lowest BCUT2D eigenvalue weighted by Crippen LogP contribution is -2.31. The smallest absolute Gasteiger partial charge is 0.00716 e. The van der Waals surface area contributed by atoms with Gasteiger partial charge in [-0.2, -0.15) is 11.8 Å². The van der Waals surface area contributed by atoms with Crippen molar-refractivity contribution >= 4 is 11.8 Å². The van der Waals surface area contributed by atoms with Crippen LogP contribution in [0.4, 0.5) is 0 Å². The minimum atomic E-state index is 0.927. The lowest BCUT2D eigenvalue weighted by molar-refractivity contribution is 0.293. The van der Waals surface area contributed by atoms with Crippen molar-refractivity contribution in [3.63, 3.8) is 0 Å². The van der Waals surface area contributed by atoms with E-state index in [4.69, 9.17) is 0 Å². The highest BCUT2D eigenvalue weighted by molar-refractivity contribution is 7.99. The molecule has 100 valence electrons. The number of thioether (sulfide) groups is 1. The van der Waals surface area contributed by atoms with Gasteiger partial charge in [0.1, 0.15) is 0 Å². The van der Waals surface area contributed by atoms with Crippen LogP contribution in [0.5, 0.6) is 0 Å². The third kappa shape index (κ3) is 5.19. The quantitative estimate of drug-likeness (QED) is 0.786. The Hall–Kier alpha value is 0.270. The first kappa shape index (κ1) is 13.7. The minimum absolute atomic E-state index is 0.927. The van der Waals surface area contributed by atoms with E-state index in [0.717, 1.165) is 11.2 Å². The minimum Gasteiger partial charge on any atom is -0.317 e. The topological polar surface area (TPSA) is 15.3 Å². The zero-order valence-corrected chi connectivity index (χ0v) is 12.1. The van der Waals surface area contributed by atoms with E-state index >= 15 is 0 Å². The zero-order valence-electron chi connectivity index (χ0n) is 11.3. The van der Waals surface area contributed by atoms with E-state index in [1.165, 1.54) is 70.5 Å². The molecule has 2 fully saturated rings. The number of nitrogens with one attached hydrogen (secondary N) is 1. The highest BCUT2D eigenvalue weighted by Gasteiger charge is 2.17. The van der Waals surface area contributed by atoms with E-state index in [2.05, 4.69) is 29.0 Å². The molecule has 1 heterocycles. The molecular weight excluding hydrogens is 228 g/mol. The second-order valence-electron chi connectivity index (χ2n) is 5.73. The van der Waals surface area contributed by atoms with Crippen LogP contribution in [-0.2, 0) is 0 Å². The van der Waals surface area contributed by atoms with E-state index in [1.807, 2.05) is 0 Å². The third-order valence-corrected chi connectivity index (χ3v) is 5.52. The van der Waals surface area contributed by atoms with Gasteiger partial charge in [-0.05, 0) is 51.7 Å². The van der Waals surface area contributed by atoms with Gasteiger partial charge in [0, 0.05) is 24.1 Å². The van der Waals surface area contributed by atoms with E-state index in [1.54, 1.807) is 0 Å². The predicted octanol–water partition coefficient (Wildman–Crippen LogP) is 2.59. The van der Waals surface area contributed by atoms with Gasteiger partial charge in [-0.3, -0.25) is 0 Å². The molecule has 0 aromatic heterocycles. The lowest BCUT2D eigenvalue weighted by Gasteiger charge is -2.24. The van der Waals surface area contributed by atoms with Crippen LogP contribution in [0.3, 0.4) is 0 Å². The average Bonchev–Trinajstić information content (AvgIpc) is 2.83. The predicted molar refractivity (Wildman–Crippen MR) is 77.8 cm³/mol. The summed E-state index contributed by atoms with van der Waals surface area (Å²) in [5.41, 5.74) is 0. The van der Waals surface area contributed by atoms with Crippen LogP contribution in [0.2, 0.25) is 0 Å². The first-order chi connectivity index (χ1) is 8.34. The van der Waals surface area contributed by atoms with E-state index in [9.17, 15) is 0 Å². The van der Waals surface area contributed by atoms with Crippen molar-refractivity contribution in [1.82, 2.24) is 10.2 Å². The Morgan fingerprint density at radius 3 is 2.53 bits per heavy atom. The van der Waals surface area contributed by atoms with Gasteiger partial charge in [-0.1, -0.05) is 12.8 Å². The lowest BCUT2D eigenvalue weighted by atomic mass is 10.1. The summed E-state index contributed by atoms with van der Waals surface area (Å²) < 4.78 is 0. The number of hydrogen-bond donors (Lipinski definition) is 1. The van der Waals surface area contributed by atoms with E-state index < -0.39 is 0 Å². The van der Waals surface area contributed by atoms with Gasteiger partial charge in [-0.25, -0.2) is 0 Å². The number of hydrogen-bond acceptors (Lipinski definition) is 3. The summed E-state index contributed by atoms with van der Waals surface area (Å²) in [6.07, 6.45) is 8.65. The Kier molecular flexibility index (Phi) is 6.16. The van der Waals surface area contributed by atoms with Gasteiger partial charge in [-0.15, -0.1) is 0 Å². The summed E-state index contributed by atoms with van der Waals surface area (Å²) in [6, 6.07) is 0. The summed E-state index contributed by atoms with van der Waals surface area (Å²) in [7, 11) is 2.31. The number of nitrogens with zero attached hydrogens (tertiary/aromatic N) is 1. The average molecular weight is 256 g/mol. The molecule has 0 spiro atoms. The highest BCUT2D eigenvalue weighted by atomic mass is 32.2. The van der Waals surface area contributed by atoms with E-state index in [-0.39, 0.29) is 0 Å². The Bertz CT molecular complexity index is 198. The summed E-state index contributed by atoms with van der Waals surface area (Å²) in [6.45, 7) is 5.09. The molecule has 1 saturated heterocycles. The maximum atomic E-state index is 3.44. The second kappa shape index (κ2) is 7.65. The maximum Gasteiger partial charge on any atom is 0.00716 e. The van der Waals surface area contributed by atoms with Crippen molar-refractivity contribution in [3.8, 4) is 0 Å². The van der Waals surface area contributed by atoms with Crippen LogP contribution < -0.4 is 5.32 Å². The molecular formula is C14H28N2S. The molecule has 0 radical (unpaired) electrons. The molecule has 0 unspecified atom stereocenters. The molecule has 3 heteroatoms. The fraction of sp³-hybridized carbons (Fsp3) is 1.00. The number of rotatable bonds is 6. The van der Waals surface area contributed by atoms with Crippen molar-refractivity contribution in [3.05, 3.63) is 0 Å². The van der Waals surface area contributed by atoms with Crippen molar-refractivity contribution < 1.29 is 0 Å². The zero-order chi connectivity index (χ0) is 11.9. The summed E-state index contributed by atoms with van der Waals surface area (Å²) >= 11 is 2.20. The molecule has 2 aliphatic rings. The van der Waals surface area contributed by atoms with Crippen molar-refractivity contribution in [2.45, 2.75) is 43.8 Å². The molecule has 0 atom stereocenters. The molecule has 0 bridgehead atoms. The van der Waals surface area contributed by atoms with Gasteiger partial charge in [0.25, 0.3) is 0 Å². The molecule has 1 N–H and O–H groups in total. The van der Waals surface area contributed by atoms with Crippen LogP contribution in [0.1, 0.15) is 38.5 Å². The fourth-order valence-corrected chi connectivity index (χ4v) is 4.38. The Morgan fingerprint density at radius 1 is 1.12 bits per heavy atom. The SMILES string of the molecule is CN(CCSC1CCNCC1)CC1CCCC1. The summed E-state index contributed by atoms with van der Waals surface area (Å²) in [5, 5.41) is 4.37. The Labute approximate surface area is 111 Å². The Morgan fingerprint density at radius 2 is 1.82 bits per heavy atom. The van der Waals surface area contributed by atoms with Crippen molar-refractivity contribution in [2.75, 3.05) is 39.0 Å². The monoisotopic (exact) mass is 256 g/mol. The molecule has 1 saturated carbocycles. The van der Waals surface area contributed by atoms with Crippen LogP contribution >= 0.6 is 11.8 Å². The fourth-order valence-electron chi connectivity index (χ4n) is 3.06. The molecule has 2 rings (SSSR count). The van der Waals surface area contributed by atoms with Crippen LogP contribution in [0.25, 0.3) is 0 Å². The Balaban J connectivity index is 1.51. The maximum absolute atomic E-state index is 3.44. The van der Waals surface area contributed by atoms with Crippen LogP contribution in [0, 0.1) is 5.92 Å². The molecule has 0 amide bonds. The largest absolute Gasteiger partial charge is 0.317 e. The first-order valence-corrected chi connectivity index (χ1v) is 8.40. The first-order valence-electron chi connectivity index (χ1n) is 7.35. The summed E-state index contributed by atoms with van der Waals surface area (Å²) in [5.74, 6) is 2.33. The van der Waals surface area contributed by atoms with Gasteiger partial charge in [0.2, 0.25) is 0 Å². The van der Waals surface area contributed by atoms with Crippen molar-refractivity contribution in [1.29, 1.82) is 0 Å². The van der Waals surface area contributed by atoms with Gasteiger partial charge in [0.05, 0.1) is 0 Å². The van der Waals surface area contributed by atoms with Crippen LogP contribution in [0.15, 0.2) is 0 Å². The second-order valence-corrected chi connectivity index (χ2v) is 7.14. The van der Waals surface area contributed by atoms with Gasteiger partial charge >= 0.3 is 0 Å². The standard InChI is InChI=1S/C14H28N2S/c1-16(12-13-4-2-3-5-13)10-11-17-14-6-8-15-9-7-14/h13-15H,2-12H2,1H3. The van der Waals surface area contributed by atoms with E-state index in [0.29, 0.717) is 0 Å². The van der Waals surface area contributed by atoms with Gasteiger partial charge < -0.3 is 10.2 Å². The molecule has 2 nitrogen and oxygen atoms in total. The molecule has 1 aliphatic carbocycles. The van der Waals surface area contributed by atoms with Crippen LogP contribution in [-0.4, -0.2) is 49.1 Å². The normalized spacial score (nSPS) is 23.6. The third-order valence-electron chi connectivity index (χ3n) is 4.16. The molecule has 1 aliphatic heterocycles. The van der Waals surface area contributed by atoms with Crippen molar-refractivity contribution in [2.24, 2.45) is 5.92 Å². The number of piperidine rings is 1. The molecule has 0 aromatic carbocycles.